The summed E-state index contributed by atoms with van der Waals surface area (Å²) in [5.41, 5.74) is 7.91. The van der Waals surface area contributed by atoms with Crippen LogP contribution in [-0.4, -0.2) is 19.7 Å². The van der Waals surface area contributed by atoms with Crippen LogP contribution in [-0.2, 0) is 10.0 Å². The molecule has 0 bridgehead atoms. The Morgan fingerprint density at radius 2 is 1.67 bits per heavy atom. The molecule has 94 valence electrons. The van der Waals surface area contributed by atoms with Crippen LogP contribution in [0.4, 0.5) is 11.5 Å². The van der Waals surface area contributed by atoms with Gasteiger partial charge >= 0.3 is 0 Å². The maximum absolute atomic E-state index is 11.1. The van der Waals surface area contributed by atoms with E-state index in [2.05, 4.69) is 9.71 Å². The van der Waals surface area contributed by atoms with Gasteiger partial charge in [-0.3, -0.25) is 4.72 Å². The van der Waals surface area contributed by atoms with Crippen molar-refractivity contribution < 1.29 is 8.42 Å². The van der Waals surface area contributed by atoms with E-state index in [0.717, 1.165) is 17.4 Å². The summed E-state index contributed by atoms with van der Waals surface area (Å²) in [6, 6.07) is 10.6. The average molecular weight is 263 g/mol. The third-order valence-corrected chi connectivity index (χ3v) is 2.91. The van der Waals surface area contributed by atoms with Gasteiger partial charge in [-0.25, -0.2) is 13.4 Å². The van der Waals surface area contributed by atoms with Gasteiger partial charge < -0.3 is 5.73 Å². The second-order valence-electron chi connectivity index (χ2n) is 3.92. The molecule has 0 amide bonds. The smallest absolute Gasteiger partial charge is 0.229 e. The molecule has 2 rings (SSSR count). The lowest BCUT2D eigenvalue weighted by Gasteiger charge is -2.05. The van der Waals surface area contributed by atoms with Gasteiger partial charge in [-0.1, -0.05) is 12.1 Å². The molecule has 0 aliphatic carbocycles. The van der Waals surface area contributed by atoms with Crippen LogP contribution >= 0.6 is 0 Å². The molecule has 0 unspecified atom stereocenters. The predicted octanol–water partition coefficient (Wildman–Crippen LogP) is 1.70. The highest BCUT2D eigenvalue weighted by atomic mass is 32.2. The first-order chi connectivity index (χ1) is 8.44. The Bertz CT molecular complexity index is 634. The van der Waals surface area contributed by atoms with Crippen molar-refractivity contribution in [3.63, 3.8) is 0 Å². The molecule has 1 aromatic heterocycles. The lowest BCUT2D eigenvalue weighted by atomic mass is 10.1. The number of anilines is 2. The first-order valence-corrected chi connectivity index (χ1v) is 7.13. The molecule has 1 aromatic carbocycles. The Hall–Kier alpha value is -2.08. The number of rotatable bonds is 3. The largest absolute Gasteiger partial charge is 0.384 e. The minimum absolute atomic E-state index is 0.467. The molecule has 0 saturated heterocycles. The summed E-state index contributed by atoms with van der Waals surface area (Å²) < 4.78 is 24.5. The summed E-state index contributed by atoms with van der Waals surface area (Å²) >= 11 is 0. The van der Waals surface area contributed by atoms with Gasteiger partial charge in [0, 0.05) is 17.4 Å². The second-order valence-corrected chi connectivity index (χ2v) is 5.67. The van der Waals surface area contributed by atoms with Crippen molar-refractivity contribution in [3.05, 3.63) is 42.6 Å². The SMILES string of the molecule is CS(=O)(=O)Nc1ccc(-c2ccc(N)nc2)cc1. The topological polar surface area (TPSA) is 85.1 Å². The number of nitrogens with zero attached hydrogens (tertiary/aromatic N) is 1. The van der Waals surface area contributed by atoms with E-state index in [0.29, 0.717) is 11.5 Å². The first-order valence-electron chi connectivity index (χ1n) is 5.24. The molecule has 2 aromatic rings. The Morgan fingerprint density at radius 3 is 2.17 bits per heavy atom. The lowest BCUT2D eigenvalue weighted by molar-refractivity contribution is 0.607. The maximum Gasteiger partial charge on any atom is 0.229 e. The number of sulfonamides is 1. The summed E-state index contributed by atoms with van der Waals surface area (Å²) in [5, 5.41) is 0. The summed E-state index contributed by atoms with van der Waals surface area (Å²) in [7, 11) is -3.24. The van der Waals surface area contributed by atoms with Crippen LogP contribution in [0.1, 0.15) is 0 Å². The van der Waals surface area contributed by atoms with Gasteiger partial charge in [0.05, 0.1) is 6.26 Å². The van der Waals surface area contributed by atoms with Crippen LogP contribution < -0.4 is 10.5 Å². The number of nitrogens with two attached hydrogens (primary N) is 1. The molecular weight excluding hydrogens is 250 g/mol. The van der Waals surface area contributed by atoms with Gasteiger partial charge in [0.2, 0.25) is 10.0 Å². The zero-order valence-electron chi connectivity index (χ0n) is 9.79. The quantitative estimate of drug-likeness (QED) is 0.882. The van der Waals surface area contributed by atoms with Gasteiger partial charge in [-0.2, -0.15) is 0 Å². The number of hydrogen-bond donors (Lipinski definition) is 2. The second kappa shape index (κ2) is 4.66. The fourth-order valence-corrected chi connectivity index (χ4v) is 2.09. The highest BCUT2D eigenvalue weighted by Crippen LogP contribution is 2.21. The van der Waals surface area contributed by atoms with E-state index in [4.69, 9.17) is 5.73 Å². The molecular formula is C12H13N3O2S. The van der Waals surface area contributed by atoms with E-state index >= 15 is 0 Å². The zero-order valence-corrected chi connectivity index (χ0v) is 10.6. The molecule has 3 N–H and O–H groups in total. The highest BCUT2D eigenvalue weighted by Gasteiger charge is 2.02. The number of aromatic nitrogens is 1. The van der Waals surface area contributed by atoms with Gasteiger partial charge in [-0.15, -0.1) is 0 Å². The number of pyridine rings is 1. The normalized spacial score (nSPS) is 11.2. The van der Waals surface area contributed by atoms with E-state index in [1.165, 1.54) is 0 Å². The van der Waals surface area contributed by atoms with Crippen molar-refractivity contribution in [1.29, 1.82) is 0 Å². The maximum atomic E-state index is 11.1. The van der Waals surface area contributed by atoms with Gasteiger partial charge in [-0.05, 0) is 29.8 Å². The van der Waals surface area contributed by atoms with Crippen molar-refractivity contribution in [1.82, 2.24) is 4.98 Å². The van der Waals surface area contributed by atoms with Crippen LogP contribution in [0.2, 0.25) is 0 Å². The predicted molar refractivity (Wildman–Crippen MR) is 72.6 cm³/mol. The van der Waals surface area contributed by atoms with E-state index in [1.54, 1.807) is 24.4 Å². The van der Waals surface area contributed by atoms with Gasteiger partial charge in [0.25, 0.3) is 0 Å². The van der Waals surface area contributed by atoms with E-state index in [9.17, 15) is 8.42 Å². The van der Waals surface area contributed by atoms with Crippen molar-refractivity contribution in [2.24, 2.45) is 0 Å². The standard InChI is InChI=1S/C12H13N3O2S/c1-18(16,17)15-11-5-2-9(3-6-11)10-4-7-12(13)14-8-10/h2-8,15H,1H3,(H2,13,14). The first kappa shape index (κ1) is 12.4. The molecule has 0 fully saturated rings. The summed E-state index contributed by atoms with van der Waals surface area (Å²) in [4.78, 5) is 4.00. The Morgan fingerprint density at radius 1 is 1.06 bits per heavy atom. The Kier molecular flexibility index (Phi) is 3.20. The van der Waals surface area contributed by atoms with Crippen LogP contribution in [0.15, 0.2) is 42.6 Å². The molecule has 0 spiro atoms. The molecule has 5 nitrogen and oxygen atoms in total. The average Bonchev–Trinajstić information content (AvgIpc) is 2.29. The monoisotopic (exact) mass is 263 g/mol. The van der Waals surface area contributed by atoms with E-state index < -0.39 is 10.0 Å². The van der Waals surface area contributed by atoms with Crippen LogP contribution in [0.25, 0.3) is 11.1 Å². The molecule has 0 radical (unpaired) electrons. The van der Waals surface area contributed by atoms with Gasteiger partial charge in [0.1, 0.15) is 5.82 Å². The van der Waals surface area contributed by atoms with E-state index in [-0.39, 0.29) is 0 Å². The molecule has 18 heavy (non-hydrogen) atoms. The number of nitrogen functional groups attached to an aromatic ring is 1. The third-order valence-electron chi connectivity index (χ3n) is 2.31. The fraction of sp³-hybridized carbons (Fsp3) is 0.0833. The molecule has 0 atom stereocenters. The van der Waals surface area contributed by atoms with Crippen molar-refractivity contribution in [3.8, 4) is 11.1 Å². The molecule has 6 heteroatoms. The third kappa shape index (κ3) is 3.21. The van der Waals surface area contributed by atoms with Crippen LogP contribution in [0, 0.1) is 0 Å². The Balaban J connectivity index is 2.25. The molecule has 0 aliphatic rings. The molecule has 1 heterocycles. The summed E-state index contributed by atoms with van der Waals surface area (Å²) in [6.45, 7) is 0. The fourth-order valence-electron chi connectivity index (χ4n) is 1.52. The van der Waals surface area contributed by atoms with Crippen molar-refractivity contribution in [2.45, 2.75) is 0 Å². The summed E-state index contributed by atoms with van der Waals surface area (Å²) in [5.74, 6) is 0.467. The molecule has 0 aliphatic heterocycles. The minimum atomic E-state index is -3.24. The lowest BCUT2D eigenvalue weighted by Crippen LogP contribution is -2.09. The summed E-state index contributed by atoms with van der Waals surface area (Å²) in [6.07, 6.45) is 2.79. The van der Waals surface area contributed by atoms with Crippen LogP contribution in [0.3, 0.4) is 0 Å². The van der Waals surface area contributed by atoms with Crippen molar-refractivity contribution in [2.75, 3.05) is 16.7 Å². The Labute approximate surface area is 106 Å². The molecule has 0 saturated carbocycles. The van der Waals surface area contributed by atoms with E-state index in [1.807, 2.05) is 18.2 Å². The van der Waals surface area contributed by atoms with Crippen LogP contribution in [0.5, 0.6) is 0 Å². The minimum Gasteiger partial charge on any atom is -0.384 e. The van der Waals surface area contributed by atoms with Gasteiger partial charge in [0.15, 0.2) is 0 Å². The number of nitrogens with one attached hydrogen (secondary N) is 1. The van der Waals surface area contributed by atoms with Crippen molar-refractivity contribution >= 4 is 21.5 Å². The highest BCUT2D eigenvalue weighted by molar-refractivity contribution is 7.92. The number of benzene rings is 1. The number of hydrogen-bond acceptors (Lipinski definition) is 4. The zero-order chi connectivity index (χ0) is 13.2.